The SMILES string of the molecule is CCc1ccc2nc(N(CCN(CC)CC)C(=O)c3cccc(Br)c3)sc2c1.Cl. The Morgan fingerprint density at radius 2 is 1.83 bits per heavy atom. The van der Waals surface area contributed by atoms with Gasteiger partial charge in [0.25, 0.3) is 5.91 Å². The highest BCUT2D eigenvalue weighted by Gasteiger charge is 2.22. The van der Waals surface area contributed by atoms with Crippen molar-refractivity contribution in [3.63, 3.8) is 0 Å². The highest BCUT2D eigenvalue weighted by molar-refractivity contribution is 9.10. The van der Waals surface area contributed by atoms with E-state index in [0.717, 1.165) is 45.9 Å². The summed E-state index contributed by atoms with van der Waals surface area (Å²) in [4.78, 5) is 22.3. The molecule has 0 aliphatic carbocycles. The molecule has 0 unspecified atom stereocenters. The van der Waals surface area contributed by atoms with Crippen LogP contribution in [0.1, 0.15) is 36.7 Å². The third-order valence-electron chi connectivity index (χ3n) is 4.93. The molecule has 0 aliphatic rings. The Morgan fingerprint density at radius 1 is 1.07 bits per heavy atom. The summed E-state index contributed by atoms with van der Waals surface area (Å²) in [6.45, 7) is 9.82. The molecule has 3 aromatic rings. The molecule has 1 amide bonds. The summed E-state index contributed by atoms with van der Waals surface area (Å²) < 4.78 is 2.03. The molecule has 0 spiro atoms. The number of hydrogen-bond donors (Lipinski definition) is 0. The van der Waals surface area contributed by atoms with Crippen LogP contribution in [0.4, 0.5) is 5.13 Å². The first-order valence-electron chi connectivity index (χ1n) is 9.74. The molecule has 3 rings (SSSR count). The van der Waals surface area contributed by atoms with Gasteiger partial charge in [-0.25, -0.2) is 4.98 Å². The zero-order valence-corrected chi connectivity index (χ0v) is 20.2. The molecule has 156 valence electrons. The summed E-state index contributed by atoms with van der Waals surface area (Å²) in [6.07, 6.45) is 0.992. The van der Waals surface area contributed by atoms with Gasteiger partial charge in [-0.1, -0.05) is 60.2 Å². The van der Waals surface area contributed by atoms with Crippen molar-refractivity contribution in [3.05, 3.63) is 58.1 Å². The van der Waals surface area contributed by atoms with Crippen LogP contribution in [-0.2, 0) is 6.42 Å². The lowest BCUT2D eigenvalue weighted by Gasteiger charge is -2.24. The topological polar surface area (TPSA) is 36.4 Å². The fourth-order valence-corrected chi connectivity index (χ4v) is 4.59. The van der Waals surface area contributed by atoms with Crippen LogP contribution in [0.2, 0.25) is 0 Å². The first-order valence-corrected chi connectivity index (χ1v) is 11.4. The van der Waals surface area contributed by atoms with Gasteiger partial charge in [-0.2, -0.15) is 0 Å². The minimum Gasteiger partial charge on any atom is -0.302 e. The van der Waals surface area contributed by atoms with Gasteiger partial charge in [0.05, 0.1) is 10.2 Å². The molecule has 0 fully saturated rings. The molecule has 0 saturated carbocycles. The number of fused-ring (bicyclic) bond motifs is 1. The van der Waals surface area contributed by atoms with E-state index >= 15 is 0 Å². The number of likely N-dealkylation sites (N-methyl/N-ethyl adjacent to an activating group) is 1. The van der Waals surface area contributed by atoms with Gasteiger partial charge in [0.15, 0.2) is 5.13 Å². The minimum atomic E-state index is -0.0109. The van der Waals surface area contributed by atoms with Gasteiger partial charge >= 0.3 is 0 Å². The predicted octanol–water partition coefficient (Wildman–Crippen LogP) is 6.03. The van der Waals surface area contributed by atoms with Crippen LogP contribution in [-0.4, -0.2) is 42.0 Å². The number of rotatable bonds is 8. The molecule has 29 heavy (non-hydrogen) atoms. The van der Waals surface area contributed by atoms with Gasteiger partial charge in [0.2, 0.25) is 0 Å². The summed E-state index contributed by atoms with van der Waals surface area (Å²) in [7, 11) is 0. The van der Waals surface area contributed by atoms with Crippen molar-refractivity contribution in [2.24, 2.45) is 0 Å². The van der Waals surface area contributed by atoms with E-state index in [2.05, 4.69) is 59.8 Å². The summed E-state index contributed by atoms with van der Waals surface area (Å²) in [5, 5.41) is 0.764. The number of nitrogens with zero attached hydrogens (tertiary/aromatic N) is 3. The maximum atomic E-state index is 13.3. The number of benzene rings is 2. The van der Waals surface area contributed by atoms with Crippen LogP contribution in [0.5, 0.6) is 0 Å². The number of aromatic nitrogens is 1. The van der Waals surface area contributed by atoms with E-state index in [-0.39, 0.29) is 18.3 Å². The summed E-state index contributed by atoms with van der Waals surface area (Å²) in [5.41, 5.74) is 2.91. The van der Waals surface area contributed by atoms with Gasteiger partial charge in [-0.3, -0.25) is 9.69 Å². The molecular weight excluding hydrogens is 470 g/mol. The first-order chi connectivity index (χ1) is 13.5. The van der Waals surface area contributed by atoms with E-state index in [1.807, 2.05) is 29.2 Å². The van der Waals surface area contributed by atoms with Gasteiger partial charge in [0, 0.05) is 23.1 Å². The Kier molecular flexibility index (Phi) is 9.08. The smallest absolute Gasteiger partial charge is 0.260 e. The lowest BCUT2D eigenvalue weighted by Crippen LogP contribution is -2.38. The molecule has 2 aromatic carbocycles. The molecule has 1 heterocycles. The maximum absolute atomic E-state index is 13.3. The van der Waals surface area contributed by atoms with E-state index < -0.39 is 0 Å². The second kappa shape index (κ2) is 11.1. The summed E-state index contributed by atoms with van der Waals surface area (Å²) in [5.74, 6) is -0.0109. The molecule has 0 radical (unpaired) electrons. The number of amides is 1. The van der Waals surface area contributed by atoms with E-state index in [4.69, 9.17) is 4.98 Å². The third kappa shape index (κ3) is 5.79. The van der Waals surface area contributed by atoms with Crippen molar-refractivity contribution in [2.45, 2.75) is 27.2 Å². The lowest BCUT2D eigenvalue weighted by molar-refractivity contribution is 0.0983. The van der Waals surface area contributed by atoms with Crippen molar-refractivity contribution in [3.8, 4) is 0 Å². The number of hydrogen-bond acceptors (Lipinski definition) is 4. The van der Waals surface area contributed by atoms with E-state index in [0.29, 0.717) is 12.1 Å². The van der Waals surface area contributed by atoms with Crippen LogP contribution >= 0.6 is 39.7 Å². The molecule has 0 N–H and O–H groups in total. The number of thiazole rings is 1. The molecule has 0 atom stereocenters. The normalized spacial score (nSPS) is 10.9. The highest BCUT2D eigenvalue weighted by atomic mass is 79.9. The molecule has 1 aromatic heterocycles. The number of carbonyl (C=O) groups excluding carboxylic acids is 1. The molecule has 0 saturated heterocycles. The summed E-state index contributed by atoms with van der Waals surface area (Å²) in [6, 6.07) is 13.9. The fraction of sp³-hybridized carbons (Fsp3) is 0.364. The van der Waals surface area contributed by atoms with Crippen molar-refractivity contribution in [1.82, 2.24) is 9.88 Å². The average Bonchev–Trinajstić information content (AvgIpc) is 3.13. The molecule has 0 aliphatic heterocycles. The van der Waals surface area contributed by atoms with Crippen molar-refractivity contribution in [2.75, 3.05) is 31.1 Å². The van der Waals surface area contributed by atoms with Gasteiger partial charge in [-0.15, -0.1) is 12.4 Å². The third-order valence-corrected chi connectivity index (χ3v) is 6.47. The van der Waals surface area contributed by atoms with Crippen molar-refractivity contribution < 1.29 is 4.79 Å². The van der Waals surface area contributed by atoms with E-state index in [1.54, 1.807) is 11.3 Å². The number of halogens is 2. The van der Waals surface area contributed by atoms with Crippen LogP contribution in [0.3, 0.4) is 0 Å². The molecule has 7 heteroatoms. The monoisotopic (exact) mass is 495 g/mol. The van der Waals surface area contributed by atoms with E-state index in [9.17, 15) is 4.79 Å². The fourth-order valence-electron chi connectivity index (χ4n) is 3.13. The lowest BCUT2D eigenvalue weighted by atomic mass is 10.2. The minimum absolute atomic E-state index is 0. The van der Waals surface area contributed by atoms with Crippen molar-refractivity contribution in [1.29, 1.82) is 0 Å². The molecule has 4 nitrogen and oxygen atoms in total. The number of carbonyl (C=O) groups is 1. The number of anilines is 1. The van der Waals surface area contributed by atoms with Crippen LogP contribution in [0.15, 0.2) is 46.9 Å². The molecular formula is C22H27BrClN3OS. The van der Waals surface area contributed by atoms with Crippen LogP contribution in [0, 0.1) is 0 Å². The zero-order chi connectivity index (χ0) is 20.1. The average molecular weight is 497 g/mol. The molecule has 0 bridgehead atoms. The Hall–Kier alpha value is -1.47. The first kappa shape index (κ1) is 23.8. The standard InChI is InChI=1S/C22H26BrN3OS.ClH/c1-4-16-10-11-19-20(14-16)28-22(24-19)26(13-12-25(5-2)6-3)21(27)17-8-7-9-18(23)15-17;/h7-11,14-15H,4-6,12-13H2,1-3H3;1H. The largest absolute Gasteiger partial charge is 0.302 e. The highest BCUT2D eigenvalue weighted by Crippen LogP contribution is 2.31. The maximum Gasteiger partial charge on any atom is 0.260 e. The Balaban J connectivity index is 0.00000300. The quantitative estimate of drug-likeness (QED) is 0.382. The summed E-state index contributed by atoms with van der Waals surface area (Å²) >= 11 is 5.07. The van der Waals surface area contributed by atoms with Crippen LogP contribution in [0.25, 0.3) is 10.2 Å². The van der Waals surface area contributed by atoms with E-state index in [1.165, 1.54) is 5.56 Å². The van der Waals surface area contributed by atoms with Crippen LogP contribution < -0.4 is 4.90 Å². The zero-order valence-electron chi connectivity index (χ0n) is 17.0. The Labute approximate surface area is 191 Å². The second-order valence-electron chi connectivity index (χ2n) is 6.65. The van der Waals surface area contributed by atoms with Gasteiger partial charge in [0.1, 0.15) is 0 Å². The van der Waals surface area contributed by atoms with Gasteiger partial charge in [-0.05, 0) is 55.4 Å². The Morgan fingerprint density at radius 3 is 2.48 bits per heavy atom. The van der Waals surface area contributed by atoms with Gasteiger partial charge < -0.3 is 4.90 Å². The second-order valence-corrected chi connectivity index (χ2v) is 8.57. The van der Waals surface area contributed by atoms with Crippen molar-refractivity contribution >= 4 is 60.9 Å². The Bertz CT molecular complexity index is 958. The number of aryl methyl sites for hydroxylation is 1. The predicted molar refractivity (Wildman–Crippen MR) is 130 cm³/mol.